The second-order valence-corrected chi connectivity index (χ2v) is 8.87. The van der Waals surface area contributed by atoms with Crippen LogP contribution in [-0.2, 0) is 11.8 Å². The highest BCUT2D eigenvalue weighted by molar-refractivity contribution is 7.16. The molecule has 7 nitrogen and oxygen atoms in total. The van der Waals surface area contributed by atoms with Crippen LogP contribution in [0.3, 0.4) is 0 Å². The molecule has 2 aliphatic rings. The Kier molecular flexibility index (Phi) is 5.75. The molecule has 8 heteroatoms. The summed E-state index contributed by atoms with van der Waals surface area (Å²) in [6.45, 7) is 1.48. The van der Waals surface area contributed by atoms with Crippen molar-refractivity contribution in [1.29, 1.82) is 0 Å². The Bertz CT molecular complexity index is 831. The zero-order chi connectivity index (χ0) is 19.5. The topological polar surface area (TPSA) is 80.1 Å². The molecule has 0 radical (unpaired) electrons. The number of nitrogens with zero attached hydrogens (tertiary/aromatic N) is 4. The molecule has 150 valence electrons. The van der Waals surface area contributed by atoms with Gasteiger partial charge >= 0.3 is 0 Å². The monoisotopic (exact) mass is 401 g/mol. The molecule has 1 aliphatic carbocycles. The lowest BCUT2D eigenvalue weighted by molar-refractivity contribution is -0.137. The lowest BCUT2D eigenvalue weighted by Crippen LogP contribution is -2.48. The van der Waals surface area contributed by atoms with Gasteiger partial charge in [-0.05, 0) is 25.7 Å². The van der Waals surface area contributed by atoms with Gasteiger partial charge in [-0.3, -0.25) is 14.3 Å². The minimum absolute atomic E-state index is 0.0790. The Morgan fingerprint density at radius 3 is 2.54 bits per heavy atom. The average molecular weight is 402 g/mol. The third-order valence-corrected chi connectivity index (χ3v) is 6.82. The fraction of sp³-hybridized carbons (Fsp3) is 0.600. The van der Waals surface area contributed by atoms with Gasteiger partial charge in [-0.2, -0.15) is 5.10 Å². The summed E-state index contributed by atoms with van der Waals surface area (Å²) in [6.07, 6.45) is 12.6. The van der Waals surface area contributed by atoms with E-state index in [0.29, 0.717) is 10.8 Å². The second-order valence-electron chi connectivity index (χ2n) is 7.84. The number of aromatic nitrogens is 3. The number of aryl methyl sites for hydroxylation is 1. The number of thiazole rings is 1. The van der Waals surface area contributed by atoms with Crippen LogP contribution in [0.4, 0.5) is 0 Å². The number of amides is 2. The molecule has 1 saturated carbocycles. The first-order chi connectivity index (χ1) is 13.6. The average Bonchev–Trinajstić information content (AvgIpc) is 3.38. The van der Waals surface area contributed by atoms with Crippen molar-refractivity contribution in [2.45, 2.75) is 51.0 Å². The highest BCUT2D eigenvalue weighted by atomic mass is 32.1. The molecule has 0 spiro atoms. The molecular formula is C20H27N5O2S. The molecule has 2 aromatic rings. The Morgan fingerprint density at radius 2 is 1.86 bits per heavy atom. The van der Waals surface area contributed by atoms with Crippen molar-refractivity contribution in [3.63, 3.8) is 0 Å². The van der Waals surface area contributed by atoms with Crippen LogP contribution in [0.25, 0.3) is 10.6 Å². The van der Waals surface area contributed by atoms with Crippen LogP contribution in [0, 0.1) is 5.92 Å². The molecule has 0 bridgehead atoms. The van der Waals surface area contributed by atoms with Gasteiger partial charge in [0, 0.05) is 43.9 Å². The maximum absolute atomic E-state index is 12.7. The van der Waals surface area contributed by atoms with Crippen LogP contribution < -0.4 is 5.32 Å². The van der Waals surface area contributed by atoms with Crippen LogP contribution in [-0.4, -0.2) is 50.6 Å². The molecule has 1 N–H and O–H groups in total. The number of hydrogen-bond donors (Lipinski definition) is 1. The normalized spacial score (nSPS) is 19.0. The van der Waals surface area contributed by atoms with E-state index in [2.05, 4.69) is 15.4 Å². The number of likely N-dealkylation sites (tertiary alicyclic amines) is 1. The van der Waals surface area contributed by atoms with E-state index in [9.17, 15) is 9.59 Å². The van der Waals surface area contributed by atoms with E-state index < -0.39 is 0 Å². The predicted octanol–water partition coefficient (Wildman–Crippen LogP) is 2.84. The number of piperidine rings is 1. The van der Waals surface area contributed by atoms with Crippen molar-refractivity contribution in [1.82, 2.24) is 25.0 Å². The van der Waals surface area contributed by atoms with E-state index in [0.717, 1.165) is 49.3 Å². The van der Waals surface area contributed by atoms with Gasteiger partial charge in [-0.15, -0.1) is 11.3 Å². The van der Waals surface area contributed by atoms with E-state index in [1.807, 2.05) is 18.1 Å². The number of hydrogen-bond acceptors (Lipinski definition) is 5. The lowest BCUT2D eigenvalue weighted by atomic mass is 9.87. The molecule has 2 amide bonds. The Labute approximate surface area is 169 Å². The predicted molar refractivity (Wildman–Crippen MR) is 108 cm³/mol. The van der Waals surface area contributed by atoms with E-state index >= 15 is 0 Å². The molecule has 28 heavy (non-hydrogen) atoms. The summed E-state index contributed by atoms with van der Waals surface area (Å²) in [4.78, 5) is 32.2. The Morgan fingerprint density at radius 1 is 1.11 bits per heavy atom. The molecule has 2 fully saturated rings. The van der Waals surface area contributed by atoms with Gasteiger partial charge < -0.3 is 10.2 Å². The Balaban J connectivity index is 1.28. The second kappa shape index (κ2) is 8.43. The molecule has 2 aromatic heterocycles. The maximum Gasteiger partial charge on any atom is 0.263 e. The molecule has 3 heterocycles. The molecule has 4 rings (SSSR count). The highest BCUT2D eigenvalue weighted by Crippen LogP contribution is 2.27. The summed E-state index contributed by atoms with van der Waals surface area (Å²) in [5, 5.41) is 8.06. The third-order valence-electron chi connectivity index (χ3n) is 5.78. The summed E-state index contributed by atoms with van der Waals surface area (Å²) >= 11 is 1.38. The van der Waals surface area contributed by atoms with Gasteiger partial charge in [0.2, 0.25) is 5.91 Å². The van der Waals surface area contributed by atoms with Crippen LogP contribution in [0.2, 0.25) is 0 Å². The Hall–Kier alpha value is -2.22. The largest absolute Gasteiger partial charge is 0.348 e. The van der Waals surface area contributed by atoms with Crippen molar-refractivity contribution in [2.75, 3.05) is 13.1 Å². The quantitative estimate of drug-likeness (QED) is 0.854. The van der Waals surface area contributed by atoms with Crippen LogP contribution in [0.5, 0.6) is 0 Å². The highest BCUT2D eigenvalue weighted by Gasteiger charge is 2.29. The number of rotatable bonds is 4. The summed E-state index contributed by atoms with van der Waals surface area (Å²) < 4.78 is 1.72. The van der Waals surface area contributed by atoms with Gasteiger partial charge in [-0.25, -0.2) is 4.98 Å². The number of carbonyl (C=O) groups excluding carboxylic acids is 2. The van der Waals surface area contributed by atoms with Crippen molar-refractivity contribution in [3.05, 3.63) is 23.5 Å². The van der Waals surface area contributed by atoms with Crippen molar-refractivity contribution in [3.8, 4) is 10.6 Å². The van der Waals surface area contributed by atoms with Gasteiger partial charge in [0.05, 0.1) is 12.4 Å². The third kappa shape index (κ3) is 4.27. The minimum atomic E-state index is -0.0790. The van der Waals surface area contributed by atoms with E-state index in [1.54, 1.807) is 17.1 Å². The molecule has 1 saturated heterocycles. The smallest absolute Gasteiger partial charge is 0.263 e. The zero-order valence-corrected chi connectivity index (χ0v) is 17.1. The summed E-state index contributed by atoms with van der Waals surface area (Å²) in [7, 11) is 1.86. The number of nitrogens with one attached hydrogen (secondary N) is 1. The van der Waals surface area contributed by atoms with Gasteiger partial charge in [-0.1, -0.05) is 19.3 Å². The first kappa shape index (κ1) is 19.1. The molecule has 0 atom stereocenters. The number of carbonyl (C=O) groups is 2. The molecule has 0 unspecified atom stereocenters. The van der Waals surface area contributed by atoms with E-state index in [1.165, 1.54) is 30.6 Å². The maximum atomic E-state index is 12.7. The van der Waals surface area contributed by atoms with Gasteiger partial charge in [0.15, 0.2) is 0 Å². The lowest BCUT2D eigenvalue weighted by Gasteiger charge is -2.35. The first-order valence-corrected chi connectivity index (χ1v) is 11.0. The standard InChI is InChI=1S/C20H27N5O2S/c1-24-13-15(11-22-24)19-21-12-17(28-19)18(26)23-16-7-9-25(10-8-16)20(27)14-5-3-2-4-6-14/h11-14,16H,2-10H2,1H3,(H,23,26). The summed E-state index contributed by atoms with van der Waals surface area (Å²) in [5.41, 5.74) is 0.918. The zero-order valence-electron chi connectivity index (χ0n) is 16.3. The fourth-order valence-corrected chi connectivity index (χ4v) is 4.95. The van der Waals surface area contributed by atoms with Crippen molar-refractivity contribution in [2.24, 2.45) is 13.0 Å². The van der Waals surface area contributed by atoms with Gasteiger partial charge in [0.25, 0.3) is 5.91 Å². The van der Waals surface area contributed by atoms with Crippen LogP contribution in [0.1, 0.15) is 54.6 Å². The first-order valence-electron chi connectivity index (χ1n) is 10.1. The van der Waals surface area contributed by atoms with Crippen molar-refractivity contribution >= 4 is 23.2 Å². The summed E-state index contributed by atoms with van der Waals surface area (Å²) in [5.74, 6) is 0.473. The van der Waals surface area contributed by atoms with Crippen LogP contribution >= 0.6 is 11.3 Å². The molecule has 0 aromatic carbocycles. The van der Waals surface area contributed by atoms with Gasteiger partial charge in [0.1, 0.15) is 9.88 Å². The molecule has 1 aliphatic heterocycles. The minimum Gasteiger partial charge on any atom is -0.348 e. The fourth-order valence-electron chi connectivity index (χ4n) is 4.15. The van der Waals surface area contributed by atoms with Crippen LogP contribution in [0.15, 0.2) is 18.6 Å². The van der Waals surface area contributed by atoms with Crippen molar-refractivity contribution < 1.29 is 9.59 Å². The van der Waals surface area contributed by atoms with E-state index in [-0.39, 0.29) is 17.9 Å². The molecular weight excluding hydrogens is 374 g/mol. The summed E-state index contributed by atoms with van der Waals surface area (Å²) in [6, 6.07) is 0.117. The van der Waals surface area contributed by atoms with E-state index in [4.69, 9.17) is 0 Å². The SMILES string of the molecule is Cn1cc(-c2ncc(C(=O)NC3CCN(C(=O)C4CCCCC4)CC3)s2)cn1.